The Hall–Kier alpha value is -1.60. The van der Waals surface area contributed by atoms with Crippen molar-refractivity contribution >= 4 is 0 Å². The minimum Gasteiger partial charge on any atom is -0.317 e. The van der Waals surface area contributed by atoms with E-state index in [4.69, 9.17) is 0 Å². The van der Waals surface area contributed by atoms with E-state index in [9.17, 15) is 0 Å². The predicted octanol–water partition coefficient (Wildman–Crippen LogP) is 3.82. The third-order valence-corrected chi connectivity index (χ3v) is 4.04. The van der Waals surface area contributed by atoms with Crippen LogP contribution in [0.2, 0.25) is 0 Å². The Morgan fingerprint density at radius 3 is 2.06 bits per heavy atom. The molecular weight excluding hydrogens is 218 g/mol. The minimum absolute atomic E-state index is 0.726. The van der Waals surface area contributed by atoms with Crippen LogP contribution in [0.3, 0.4) is 0 Å². The van der Waals surface area contributed by atoms with E-state index >= 15 is 0 Å². The molecular formula is C17H19N. The molecule has 2 aromatic carbocycles. The second-order valence-electron chi connectivity index (χ2n) is 5.14. The molecule has 0 bridgehead atoms. The van der Waals surface area contributed by atoms with Gasteiger partial charge in [-0.1, -0.05) is 54.6 Å². The van der Waals surface area contributed by atoms with Crippen LogP contribution in [0, 0.1) is 0 Å². The molecule has 1 N–H and O–H groups in total. The van der Waals surface area contributed by atoms with Crippen molar-refractivity contribution in [3.63, 3.8) is 0 Å². The molecule has 2 aromatic rings. The topological polar surface area (TPSA) is 12.0 Å². The van der Waals surface area contributed by atoms with Crippen molar-refractivity contribution in [2.75, 3.05) is 7.05 Å². The maximum atomic E-state index is 3.34. The van der Waals surface area contributed by atoms with E-state index in [1.165, 1.54) is 29.5 Å². The van der Waals surface area contributed by atoms with E-state index in [2.05, 4.69) is 67.0 Å². The Morgan fingerprint density at radius 1 is 0.833 bits per heavy atom. The molecule has 1 fully saturated rings. The molecule has 0 spiro atoms. The first-order valence-electron chi connectivity index (χ1n) is 6.69. The fraction of sp³-hybridized carbons (Fsp3) is 0.294. The lowest BCUT2D eigenvalue weighted by molar-refractivity contribution is 0.307. The van der Waals surface area contributed by atoms with Gasteiger partial charge in [-0.3, -0.25) is 0 Å². The van der Waals surface area contributed by atoms with Crippen LogP contribution < -0.4 is 5.32 Å². The van der Waals surface area contributed by atoms with E-state index < -0.39 is 0 Å². The fourth-order valence-corrected chi connectivity index (χ4v) is 2.70. The van der Waals surface area contributed by atoms with E-state index in [0.29, 0.717) is 0 Å². The van der Waals surface area contributed by atoms with Crippen LogP contribution in [0.4, 0.5) is 0 Å². The van der Waals surface area contributed by atoms with Gasteiger partial charge in [0.2, 0.25) is 0 Å². The van der Waals surface area contributed by atoms with Crippen molar-refractivity contribution in [2.45, 2.75) is 24.8 Å². The summed E-state index contributed by atoms with van der Waals surface area (Å²) in [5, 5.41) is 3.34. The molecule has 0 aromatic heterocycles. The first-order chi connectivity index (χ1) is 8.86. The van der Waals surface area contributed by atoms with Crippen molar-refractivity contribution in [1.82, 2.24) is 5.32 Å². The molecule has 1 aliphatic rings. The van der Waals surface area contributed by atoms with Gasteiger partial charge in [0.25, 0.3) is 0 Å². The van der Waals surface area contributed by atoms with Gasteiger partial charge in [0.1, 0.15) is 0 Å². The molecule has 0 unspecified atom stereocenters. The standard InChI is InChI=1S/C17H19N/c1-18-17-11-16(12-17)15-9-7-14(8-10-15)13-5-3-2-4-6-13/h2-10,16-18H,11-12H2,1H3. The monoisotopic (exact) mass is 237 g/mol. The van der Waals surface area contributed by atoms with Crippen LogP contribution in [-0.4, -0.2) is 13.1 Å². The number of hydrogen-bond donors (Lipinski definition) is 1. The normalized spacial score (nSPS) is 22.5. The van der Waals surface area contributed by atoms with E-state index in [1.54, 1.807) is 0 Å². The Kier molecular flexibility index (Phi) is 3.16. The molecule has 0 heterocycles. The van der Waals surface area contributed by atoms with E-state index in [1.807, 2.05) is 0 Å². The highest BCUT2D eigenvalue weighted by Crippen LogP contribution is 2.37. The smallest absolute Gasteiger partial charge is 0.00757 e. The summed E-state index contributed by atoms with van der Waals surface area (Å²) in [6, 6.07) is 20.4. The van der Waals surface area contributed by atoms with E-state index in [0.717, 1.165) is 12.0 Å². The summed E-state index contributed by atoms with van der Waals surface area (Å²) >= 11 is 0. The van der Waals surface area contributed by atoms with Crippen molar-refractivity contribution in [2.24, 2.45) is 0 Å². The molecule has 1 heteroatoms. The molecule has 0 amide bonds. The van der Waals surface area contributed by atoms with Crippen LogP contribution in [0.5, 0.6) is 0 Å². The zero-order chi connectivity index (χ0) is 12.4. The predicted molar refractivity (Wildman–Crippen MR) is 76.7 cm³/mol. The highest BCUT2D eigenvalue weighted by Gasteiger charge is 2.28. The molecule has 1 nitrogen and oxygen atoms in total. The van der Waals surface area contributed by atoms with Gasteiger partial charge in [0, 0.05) is 6.04 Å². The van der Waals surface area contributed by atoms with Crippen LogP contribution >= 0.6 is 0 Å². The Morgan fingerprint density at radius 2 is 1.44 bits per heavy atom. The SMILES string of the molecule is CNC1CC(c2ccc(-c3ccccc3)cc2)C1. The lowest BCUT2D eigenvalue weighted by atomic mass is 9.76. The van der Waals surface area contributed by atoms with Crippen LogP contribution in [0.1, 0.15) is 24.3 Å². The highest BCUT2D eigenvalue weighted by atomic mass is 14.9. The van der Waals surface area contributed by atoms with Gasteiger partial charge >= 0.3 is 0 Å². The fourth-order valence-electron chi connectivity index (χ4n) is 2.70. The lowest BCUT2D eigenvalue weighted by Crippen LogP contribution is -2.37. The third-order valence-electron chi connectivity index (χ3n) is 4.04. The van der Waals surface area contributed by atoms with Gasteiger partial charge in [0.05, 0.1) is 0 Å². The number of rotatable bonds is 3. The van der Waals surface area contributed by atoms with Crippen LogP contribution in [0.15, 0.2) is 54.6 Å². The third kappa shape index (κ3) is 2.19. The maximum absolute atomic E-state index is 3.34. The molecule has 0 atom stereocenters. The first-order valence-corrected chi connectivity index (χ1v) is 6.69. The first kappa shape index (κ1) is 11.5. The molecule has 18 heavy (non-hydrogen) atoms. The summed E-state index contributed by atoms with van der Waals surface area (Å²) < 4.78 is 0. The maximum Gasteiger partial charge on any atom is 0.00757 e. The second kappa shape index (κ2) is 4.95. The summed E-state index contributed by atoms with van der Waals surface area (Å²) in [4.78, 5) is 0. The average Bonchev–Trinajstić information content (AvgIpc) is 2.39. The molecule has 0 aliphatic heterocycles. The van der Waals surface area contributed by atoms with Crippen molar-refractivity contribution < 1.29 is 0 Å². The quantitative estimate of drug-likeness (QED) is 0.855. The van der Waals surface area contributed by atoms with Gasteiger partial charge in [0.15, 0.2) is 0 Å². The van der Waals surface area contributed by atoms with Crippen molar-refractivity contribution in [3.05, 3.63) is 60.2 Å². The molecule has 1 saturated carbocycles. The van der Waals surface area contributed by atoms with Gasteiger partial charge in [-0.25, -0.2) is 0 Å². The molecule has 0 radical (unpaired) electrons. The van der Waals surface area contributed by atoms with Crippen LogP contribution in [0.25, 0.3) is 11.1 Å². The summed E-state index contributed by atoms with van der Waals surface area (Å²) in [6.45, 7) is 0. The van der Waals surface area contributed by atoms with Gasteiger partial charge in [-0.05, 0) is 42.5 Å². The van der Waals surface area contributed by atoms with Gasteiger partial charge in [-0.15, -0.1) is 0 Å². The van der Waals surface area contributed by atoms with Crippen molar-refractivity contribution in [1.29, 1.82) is 0 Å². The number of benzene rings is 2. The molecule has 0 saturated heterocycles. The minimum atomic E-state index is 0.726. The molecule has 92 valence electrons. The van der Waals surface area contributed by atoms with E-state index in [-0.39, 0.29) is 0 Å². The number of nitrogens with one attached hydrogen (secondary N) is 1. The largest absolute Gasteiger partial charge is 0.317 e. The number of hydrogen-bond acceptors (Lipinski definition) is 1. The van der Waals surface area contributed by atoms with Crippen molar-refractivity contribution in [3.8, 4) is 11.1 Å². The van der Waals surface area contributed by atoms with Crippen LogP contribution in [-0.2, 0) is 0 Å². The average molecular weight is 237 g/mol. The zero-order valence-corrected chi connectivity index (χ0v) is 10.8. The molecule has 3 rings (SSSR count). The molecule has 1 aliphatic carbocycles. The highest BCUT2D eigenvalue weighted by molar-refractivity contribution is 5.63. The van der Waals surface area contributed by atoms with Gasteiger partial charge < -0.3 is 5.32 Å². The summed E-state index contributed by atoms with van der Waals surface area (Å²) in [5.74, 6) is 0.757. The Balaban J connectivity index is 1.74. The Labute approximate surface area is 109 Å². The lowest BCUT2D eigenvalue weighted by Gasteiger charge is -2.35. The summed E-state index contributed by atoms with van der Waals surface area (Å²) in [6.07, 6.45) is 2.56. The Bertz CT molecular complexity index is 495. The second-order valence-corrected chi connectivity index (χ2v) is 5.14. The zero-order valence-electron chi connectivity index (χ0n) is 10.8. The van der Waals surface area contributed by atoms with Gasteiger partial charge in [-0.2, -0.15) is 0 Å². The summed E-state index contributed by atoms with van der Waals surface area (Å²) in [5.41, 5.74) is 4.09. The summed E-state index contributed by atoms with van der Waals surface area (Å²) in [7, 11) is 2.05.